The third kappa shape index (κ3) is 3.83. The van der Waals surface area contributed by atoms with E-state index in [2.05, 4.69) is 29.1 Å². The number of rotatable bonds is 4. The van der Waals surface area contributed by atoms with Crippen LogP contribution in [0, 0.1) is 19.7 Å². The van der Waals surface area contributed by atoms with Crippen LogP contribution in [0.2, 0.25) is 0 Å². The highest BCUT2D eigenvalue weighted by Gasteiger charge is 2.23. The number of carbonyl (C=O) groups excluding carboxylic acids is 1. The predicted molar refractivity (Wildman–Crippen MR) is 110 cm³/mol. The highest BCUT2D eigenvalue weighted by molar-refractivity contribution is 8.00. The molecule has 0 saturated heterocycles. The first kappa shape index (κ1) is 18.7. The monoisotopic (exact) mass is 419 g/mol. The number of thiophene rings is 1. The first-order valence-corrected chi connectivity index (χ1v) is 11.4. The summed E-state index contributed by atoms with van der Waals surface area (Å²) in [4.78, 5) is 24.5. The molecule has 1 aliphatic heterocycles. The largest absolute Gasteiger partial charge is 0.348 e. The SMILES string of the molecule is Cc1sc2ncnc(SCC(=O)NC3CCSc4ccc(F)cc43)c2c1C. The number of nitrogens with zero attached hydrogens (tertiary/aromatic N) is 2. The Morgan fingerprint density at radius 3 is 3.07 bits per heavy atom. The van der Waals surface area contributed by atoms with E-state index in [4.69, 9.17) is 0 Å². The Hall–Kier alpha value is -1.64. The van der Waals surface area contributed by atoms with E-state index in [1.807, 2.05) is 0 Å². The predicted octanol–water partition coefficient (Wildman–Crippen LogP) is 4.89. The molecule has 3 heterocycles. The van der Waals surface area contributed by atoms with E-state index in [-0.39, 0.29) is 23.5 Å². The standard InChI is InChI=1S/C19H18FN3OS3/c1-10-11(2)27-19-17(10)18(21-9-22-19)26-8-16(24)23-14-5-6-25-15-4-3-12(20)7-13(14)15/h3-4,7,9,14H,5-6,8H2,1-2H3,(H,23,24). The van der Waals surface area contributed by atoms with Crippen molar-refractivity contribution in [2.75, 3.05) is 11.5 Å². The lowest BCUT2D eigenvalue weighted by molar-refractivity contribution is -0.119. The van der Waals surface area contributed by atoms with Gasteiger partial charge in [-0.3, -0.25) is 4.79 Å². The van der Waals surface area contributed by atoms with Gasteiger partial charge in [0.2, 0.25) is 5.91 Å². The molecule has 0 radical (unpaired) electrons. The Kier molecular flexibility index (Phi) is 5.39. The lowest BCUT2D eigenvalue weighted by Crippen LogP contribution is -2.32. The molecule has 0 fully saturated rings. The van der Waals surface area contributed by atoms with Gasteiger partial charge in [-0.15, -0.1) is 23.1 Å². The van der Waals surface area contributed by atoms with Crippen molar-refractivity contribution in [3.05, 3.63) is 46.3 Å². The van der Waals surface area contributed by atoms with Crippen molar-refractivity contribution in [3.8, 4) is 0 Å². The number of aryl methyl sites for hydroxylation is 2. The number of aromatic nitrogens is 2. The molecule has 0 spiro atoms. The summed E-state index contributed by atoms with van der Waals surface area (Å²) in [7, 11) is 0. The molecule has 8 heteroatoms. The van der Waals surface area contributed by atoms with E-state index in [0.717, 1.165) is 37.9 Å². The summed E-state index contributed by atoms with van der Waals surface area (Å²) in [5.74, 6) is 0.853. The first-order chi connectivity index (χ1) is 13.0. The van der Waals surface area contributed by atoms with Crippen LogP contribution >= 0.6 is 34.9 Å². The lowest BCUT2D eigenvalue weighted by Gasteiger charge is -2.26. The molecule has 140 valence electrons. The number of nitrogens with one attached hydrogen (secondary N) is 1. The zero-order chi connectivity index (χ0) is 19.0. The number of benzene rings is 1. The zero-order valence-corrected chi connectivity index (χ0v) is 17.4. The van der Waals surface area contributed by atoms with Gasteiger partial charge in [-0.05, 0) is 49.6 Å². The molecular formula is C19H18FN3OS3. The molecule has 1 atom stereocenters. The number of amides is 1. The molecule has 1 aromatic carbocycles. The fourth-order valence-corrected chi connectivity index (χ4v) is 6.18. The van der Waals surface area contributed by atoms with Crippen LogP contribution in [0.15, 0.2) is 34.4 Å². The maximum atomic E-state index is 13.6. The molecule has 4 nitrogen and oxygen atoms in total. The van der Waals surface area contributed by atoms with Gasteiger partial charge in [-0.1, -0.05) is 11.8 Å². The Labute approximate surface area is 169 Å². The Morgan fingerprint density at radius 2 is 2.22 bits per heavy atom. The van der Waals surface area contributed by atoms with Crippen LogP contribution in [0.3, 0.4) is 0 Å². The van der Waals surface area contributed by atoms with Gasteiger partial charge in [-0.2, -0.15) is 0 Å². The average Bonchev–Trinajstić information content (AvgIpc) is 2.95. The van der Waals surface area contributed by atoms with E-state index in [1.54, 1.807) is 35.5 Å². The number of hydrogen-bond donors (Lipinski definition) is 1. The van der Waals surface area contributed by atoms with Crippen LogP contribution in [-0.2, 0) is 4.79 Å². The van der Waals surface area contributed by atoms with Crippen molar-refractivity contribution in [2.24, 2.45) is 0 Å². The zero-order valence-electron chi connectivity index (χ0n) is 14.9. The van der Waals surface area contributed by atoms with Crippen molar-refractivity contribution >= 4 is 51.0 Å². The molecule has 1 amide bonds. The van der Waals surface area contributed by atoms with Gasteiger partial charge in [0.05, 0.1) is 11.8 Å². The molecule has 27 heavy (non-hydrogen) atoms. The molecule has 1 N–H and O–H groups in total. The van der Waals surface area contributed by atoms with Crippen molar-refractivity contribution < 1.29 is 9.18 Å². The molecule has 0 aliphatic carbocycles. The normalized spacial score (nSPS) is 16.3. The average molecular weight is 420 g/mol. The smallest absolute Gasteiger partial charge is 0.230 e. The van der Waals surface area contributed by atoms with Crippen molar-refractivity contribution in [1.29, 1.82) is 0 Å². The van der Waals surface area contributed by atoms with Crippen LogP contribution in [0.25, 0.3) is 10.2 Å². The Bertz CT molecular complexity index is 1020. The highest BCUT2D eigenvalue weighted by atomic mass is 32.2. The maximum absolute atomic E-state index is 13.6. The second-order valence-electron chi connectivity index (χ2n) is 6.37. The molecule has 0 bridgehead atoms. The quantitative estimate of drug-likeness (QED) is 0.482. The lowest BCUT2D eigenvalue weighted by atomic mass is 10.0. The van der Waals surface area contributed by atoms with Gasteiger partial charge < -0.3 is 5.32 Å². The minimum absolute atomic E-state index is 0.0662. The summed E-state index contributed by atoms with van der Waals surface area (Å²) in [5.41, 5.74) is 2.05. The fourth-order valence-electron chi connectivity index (χ4n) is 3.14. The van der Waals surface area contributed by atoms with Crippen molar-refractivity contribution in [3.63, 3.8) is 0 Å². The molecule has 4 rings (SSSR count). The van der Waals surface area contributed by atoms with E-state index in [0.29, 0.717) is 0 Å². The molecule has 1 aliphatic rings. The number of carbonyl (C=O) groups is 1. The van der Waals surface area contributed by atoms with Crippen LogP contribution in [0.4, 0.5) is 4.39 Å². The second kappa shape index (κ2) is 7.77. The Balaban J connectivity index is 1.47. The van der Waals surface area contributed by atoms with Gasteiger partial charge in [-0.25, -0.2) is 14.4 Å². The molecule has 0 saturated carbocycles. The second-order valence-corrected chi connectivity index (χ2v) is 9.67. The van der Waals surface area contributed by atoms with Crippen LogP contribution in [0.1, 0.15) is 28.5 Å². The van der Waals surface area contributed by atoms with Crippen LogP contribution in [0.5, 0.6) is 0 Å². The topological polar surface area (TPSA) is 54.9 Å². The van der Waals surface area contributed by atoms with E-state index in [9.17, 15) is 9.18 Å². The molecule has 3 aromatic rings. The summed E-state index contributed by atoms with van der Waals surface area (Å²) in [6.07, 6.45) is 2.35. The third-order valence-corrected chi connectivity index (χ3v) is 7.84. The van der Waals surface area contributed by atoms with E-state index in [1.165, 1.54) is 34.3 Å². The third-order valence-electron chi connectivity index (χ3n) is 4.62. The number of thioether (sulfide) groups is 2. The Morgan fingerprint density at radius 1 is 1.37 bits per heavy atom. The fraction of sp³-hybridized carbons (Fsp3) is 0.316. The van der Waals surface area contributed by atoms with E-state index < -0.39 is 0 Å². The maximum Gasteiger partial charge on any atom is 0.230 e. The van der Waals surface area contributed by atoms with Gasteiger partial charge >= 0.3 is 0 Å². The van der Waals surface area contributed by atoms with E-state index >= 15 is 0 Å². The first-order valence-electron chi connectivity index (χ1n) is 8.58. The summed E-state index contributed by atoms with van der Waals surface area (Å²) < 4.78 is 13.6. The summed E-state index contributed by atoms with van der Waals surface area (Å²) in [6.45, 7) is 4.13. The van der Waals surface area contributed by atoms with Gasteiger partial charge in [0.25, 0.3) is 0 Å². The summed E-state index contributed by atoms with van der Waals surface area (Å²) >= 11 is 4.77. The number of fused-ring (bicyclic) bond motifs is 2. The van der Waals surface area contributed by atoms with Crippen molar-refractivity contribution in [1.82, 2.24) is 15.3 Å². The van der Waals surface area contributed by atoms with Gasteiger partial charge in [0.15, 0.2) is 0 Å². The minimum atomic E-state index is -0.267. The van der Waals surface area contributed by atoms with Crippen molar-refractivity contribution in [2.45, 2.75) is 36.2 Å². The number of hydrogen-bond acceptors (Lipinski definition) is 6. The highest BCUT2D eigenvalue weighted by Crippen LogP contribution is 2.37. The minimum Gasteiger partial charge on any atom is -0.348 e. The summed E-state index contributed by atoms with van der Waals surface area (Å²) in [5, 5.41) is 4.94. The van der Waals surface area contributed by atoms with Crippen LogP contribution < -0.4 is 5.32 Å². The van der Waals surface area contributed by atoms with Gasteiger partial charge in [0.1, 0.15) is 22.0 Å². The van der Waals surface area contributed by atoms with Crippen LogP contribution in [-0.4, -0.2) is 27.4 Å². The molecule has 2 aromatic heterocycles. The molecular weight excluding hydrogens is 401 g/mol. The molecule has 1 unspecified atom stereocenters. The summed E-state index contributed by atoms with van der Waals surface area (Å²) in [6, 6.07) is 4.66. The van der Waals surface area contributed by atoms with Gasteiger partial charge in [0, 0.05) is 20.9 Å². The number of halogens is 1.